The summed E-state index contributed by atoms with van der Waals surface area (Å²) in [4.78, 5) is 15.4. The molecular formula is C11H15NO2. The minimum Gasteiger partial charge on any atom is -0.459 e. The average Bonchev–Trinajstić information content (AvgIpc) is 2.26. The van der Waals surface area contributed by atoms with E-state index in [1.165, 1.54) is 0 Å². The van der Waals surface area contributed by atoms with Crippen molar-refractivity contribution in [1.82, 2.24) is 4.98 Å². The number of esters is 1. The summed E-state index contributed by atoms with van der Waals surface area (Å²) < 4.78 is 5.27. The fraction of sp³-hybridized carbons (Fsp3) is 0.455. The minimum absolute atomic E-state index is 0.0238. The van der Waals surface area contributed by atoms with E-state index in [1.807, 2.05) is 13.8 Å². The van der Waals surface area contributed by atoms with Crippen molar-refractivity contribution in [2.45, 2.75) is 32.8 Å². The number of rotatable bonds is 4. The third kappa shape index (κ3) is 2.83. The Morgan fingerprint density at radius 1 is 1.36 bits per heavy atom. The molecule has 0 fully saturated rings. The Balaban J connectivity index is 2.59. The van der Waals surface area contributed by atoms with Crippen LogP contribution in [-0.2, 0) is 4.74 Å². The van der Waals surface area contributed by atoms with Gasteiger partial charge in [0.05, 0.1) is 5.56 Å². The molecule has 0 saturated heterocycles. The Bertz CT molecular complexity index is 281. The highest BCUT2D eigenvalue weighted by Crippen LogP contribution is 2.07. The van der Waals surface area contributed by atoms with Gasteiger partial charge in [0.2, 0.25) is 0 Å². The van der Waals surface area contributed by atoms with Gasteiger partial charge in [0.25, 0.3) is 0 Å². The lowest BCUT2D eigenvalue weighted by molar-refractivity contribution is 0.0284. The summed E-state index contributed by atoms with van der Waals surface area (Å²) in [6.45, 7) is 4.02. The van der Waals surface area contributed by atoms with Gasteiger partial charge in [-0.15, -0.1) is 0 Å². The lowest BCUT2D eigenvalue weighted by Crippen LogP contribution is -2.16. The quantitative estimate of drug-likeness (QED) is 0.689. The highest BCUT2D eigenvalue weighted by molar-refractivity contribution is 5.89. The van der Waals surface area contributed by atoms with Gasteiger partial charge in [-0.05, 0) is 25.0 Å². The van der Waals surface area contributed by atoms with Crippen molar-refractivity contribution in [3.8, 4) is 0 Å². The summed E-state index contributed by atoms with van der Waals surface area (Å²) >= 11 is 0. The van der Waals surface area contributed by atoms with E-state index in [0.29, 0.717) is 5.56 Å². The first-order chi connectivity index (χ1) is 6.77. The van der Waals surface area contributed by atoms with Gasteiger partial charge in [-0.2, -0.15) is 0 Å². The normalized spacial score (nSPS) is 10.2. The van der Waals surface area contributed by atoms with Gasteiger partial charge >= 0.3 is 5.97 Å². The van der Waals surface area contributed by atoms with E-state index in [2.05, 4.69) is 4.98 Å². The van der Waals surface area contributed by atoms with E-state index < -0.39 is 0 Å². The zero-order valence-corrected chi connectivity index (χ0v) is 8.56. The van der Waals surface area contributed by atoms with Crippen molar-refractivity contribution in [1.29, 1.82) is 0 Å². The van der Waals surface area contributed by atoms with E-state index in [4.69, 9.17) is 4.74 Å². The molecule has 0 unspecified atom stereocenters. The number of aromatic nitrogens is 1. The second-order valence-electron chi connectivity index (χ2n) is 3.08. The van der Waals surface area contributed by atoms with Crippen LogP contribution in [0.3, 0.4) is 0 Å². The maximum atomic E-state index is 11.5. The number of carbonyl (C=O) groups excluding carboxylic acids is 1. The van der Waals surface area contributed by atoms with E-state index >= 15 is 0 Å². The molecule has 0 bridgehead atoms. The Hall–Kier alpha value is -1.38. The topological polar surface area (TPSA) is 39.2 Å². The van der Waals surface area contributed by atoms with Gasteiger partial charge in [-0.3, -0.25) is 4.98 Å². The van der Waals surface area contributed by atoms with Crippen LogP contribution in [0, 0.1) is 0 Å². The van der Waals surface area contributed by atoms with Crippen LogP contribution in [0.4, 0.5) is 0 Å². The molecule has 0 aromatic carbocycles. The van der Waals surface area contributed by atoms with Crippen molar-refractivity contribution >= 4 is 5.97 Å². The number of hydrogen-bond acceptors (Lipinski definition) is 3. The predicted molar refractivity (Wildman–Crippen MR) is 54.0 cm³/mol. The SMILES string of the molecule is CCC(CC)OC(=O)c1ccncc1. The molecule has 0 aliphatic carbocycles. The molecule has 0 N–H and O–H groups in total. The van der Waals surface area contributed by atoms with Crippen LogP contribution in [0.5, 0.6) is 0 Å². The third-order valence-electron chi connectivity index (χ3n) is 2.10. The summed E-state index contributed by atoms with van der Waals surface area (Å²) in [6, 6.07) is 3.31. The van der Waals surface area contributed by atoms with Crippen LogP contribution < -0.4 is 0 Å². The molecule has 1 aromatic rings. The standard InChI is InChI=1S/C11H15NO2/c1-3-10(4-2)14-11(13)9-5-7-12-8-6-9/h5-8,10H,3-4H2,1-2H3. The first-order valence-electron chi connectivity index (χ1n) is 4.89. The molecule has 76 valence electrons. The molecule has 3 heteroatoms. The fourth-order valence-electron chi connectivity index (χ4n) is 1.16. The van der Waals surface area contributed by atoms with Crippen molar-refractivity contribution in [2.75, 3.05) is 0 Å². The van der Waals surface area contributed by atoms with Crippen LogP contribution >= 0.6 is 0 Å². The molecule has 0 aliphatic heterocycles. The summed E-state index contributed by atoms with van der Waals surface area (Å²) in [5.41, 5.74) is 0.562. The van der Waals surface area contributed by atoms with Gasteiger partial charge in [-0.1, -0.05) is 13.8 Å². The van der Waals surface area contributed by atoms with Gasteiger partial charge in [0.15, 0.2) is 0 Å². The lowest BCUT2D eigenvalue weighted by atomic mass is 10.2. The molecule has 0 atom stereocenters. The molecule has 0 radical (unpaired) electrons. The highest BCUT2D eigenvalue weighted by atomic mass is 16.5. The summed E-state index contributed by atoms with van der Waals surface area (Å²) in [7, 11) is 0. The Morgan fingerprint density at radius 2 is 1.93 bits per heavy atom. The number of pyridine rings is 1. The first kappa shape index (κ1) is 10.7. The van der Waals surface area contributed by atoms with Crippen LogP contribution in [0.1, 0.15) is 37.0 Å². The molecule has 0 amide bonds. The Labute approximate surface area is 84.1 Å². The molecule has 1 heterocycles. The minimum atomic E-state index is -0.263. The van der Waals surface area contributed by atoms with Gasteiger partial charge in [0.1, 0.15) is 6.10 Å². The summed E-state index contributed by atoms with van der Waals surface area (Å²) in [6.07, 6.45) is 4.91. The van der Waals surface area contributed by atoms with E-state index in [1.54, 1.807) is 24.5 Å². The van der Waals surface area contributed by atoms with Crippen LogP contribution in [-0.4, -0.2) is 17.1 Å². The summed E-state index contributed by atoms with van der Waals surface area (Å²) in [5.74, 6) is -0.263. The Kier molecular flexibility index (Phi) is 4.11. The van der Waals surface area contributed by atoms with Crippen LogP contribution in [0.2, 0.25) is 0 Å². The monoisotopic (exact) mass is 193 g/mol. The van der Waals surface area contributed by atoms with Gasteiger partial charge in [-0.25, -0.2) is 4.79 Å². The molecule has 1 rings (SSSR count). The molecule has 0 aliphatic rings. The third-order valence-corrected chi connectivity index (χ3v) is 2.10. The van der Waals surface area contributed by atoms with Crippen molar-refractivity contribution < 1.29 is 9.53 Å². The van der Waals surface area contributed by atoms with Crippen molar-refractivity contribution in [3.63, 3.8) is 0 Å². The molecular weight excluding hydrogens is 178 g/mol. The highest BCUT2D eigenvalue weighted by Gasteiger charge is 2.11. The maximum absolute atomic E-state index is 11.5. The zero-order chi connectivity index (χ0) is 10.4. The van der Waals surface area contributed by atoms with Crippen molar-refractivity contribution in [2.24, 2.45) is 0 Å². The van der Waals surface area contributed by atoms with Gasteiger partial charge in [0, 0.05) is 12.4 Å². The number of nitrogens with zero attached hydrogens (tertiary/aromatic N) is 1. The number of carbonyl (C=O) groups is 1. The summed E-state index contributed by atoms with van der Waals surface area (Å²) in [5, 5.41) is 0. The number of ether oxygens (including phenoxy) is 1. The number of hydrogen-bond donors (Lipinski definition) is 0. The van der Waals surface area contributed by atoms with Crippen LogP contribution in [0.15, 0.2) is 24.5 Å². The zero-order valence-electron chi connectivity index (χ0n) is 8.56. The van der Waals surface area contributed by atoms with E-state index in [-0.39, 0.29) is 12.1 Å². The lowest BCUT2D eigenvalue weighted by Gasteiger charge is -2.13. The second-order valence-corrected chi connectivity index (χ2v) is 3.08. The fourth-order valence-corrected chi connectivity index (χ4v) is 1.16. The molecule has 3 nitrogen and oxygen atoms in total. The maximum Gasteiger partial charge on any atom is 0.338 e. The average molecular weight is 193 g/mol. The first-order valence-corrected chi connectivity index (χ1v) is 4.89. The van der Waals surface area contributed by atoms with E-state index in [0.717, 1.165) is 12.8 Å². The second kappa shape index (κ2) is 5.37. The van der Waals surface area contributed by atoms with Crippen molar-refractivity contribution in [3.05, 3.63) is 30.1 Å². The molecule has 0 saturated carbocycles. The molecule has 14 heavy (non-hydrogen) atoms. The Morgan fingerprint density at radius 3 is 2.43 bits per heavy atom. The smallest absolute Gasteiger partial charge is 0.338 e. The molecule has 1 aromatic heterocycles. The van der Waals surface area contributed by atoms with Gasteiger partial charge < -0.3 is 4.74 Å². The molecule has 0 spiro atoms. The predicted octanol–water partition coefficient (Wildman–Crippen LogP) is 2.43. The van der Waals surface area contributed by atoms with Crippen LogP contribution in [0.25, 0.3) is 0 Å². The largest absolute Gasteiger partial charge is 0.459 e. The van der Waals surface area contributed by atoms with E-state index in [9.17, 15) is 4.79 Å².